The first-order valence-electron chi connectivity index (χ1n) is 6.48. The summed E-state index contributed by atoms with van der Waals surface area (Å²) in [6.07, 6.45) is 5.11. The monoisotopic (exact) mass is 268 g/mol. The highest BCUT2D eigenvalue weighted by Gasteiger charge is 2.58. The van der Waals surface area contributed by atoms with E-state index in [1.54, 1.807) is 0 Å². The van der Waals surface area contributed by atoms with Gasteiger partial charge < -0.3 is 19.8 Å². The summed E-state index contributed by atoms with van der Waals surface area (Å²) in [6.45, 7) is 0. The predicted octanol–water partition coefficient (Wildman–Crippen LogP) is -0.442. The number of carboxylic acids is 2. The first-order valence-corrected chi connectivity index (χ1v) is 7.47. The lowest BCUT2D eigenvalue weighted by Gasteiger charge is -2.62. The summed E-state index contributed by atoms with van der Waals surface area (Å²) >= 11 is 1.40. The smallest absolute Gasteiger partial charge is 0.0513 e. The van der Waals surface area contributed by atoms with Crippen LogP contribution in [0.25, 0.3) is 0 Å². The maximum Gasteiger partial charge on any atom is 0.0513 e. The number of thioether (sulfide) groups is 1. The van der Waals surface area contributed by atoms with Crippen molar-refractivity contribution in [2.75, 3.05) is 5.75 Å². The van der Waals surface area contributed by atoms with E-state index in [1.807, 2.05) is 0 Å². The highest BCUT2D eigenvalue weighted by atomic mass is 32.2. The fourth-order valence-electron chi connectivity index (χ4n) is 4.80. The van der Waals surface area contributed by atoms with Gasteiger partial charge in [0.1, 0.15) is 0 Å². The molecule has 0 heterocycles. The summed E-state index contributed by atoms with van der Waals surface area (Å²) in [7, 11) is 0. The number of hydrogen-bond acceptors (Lipinski definition) is 5. The maximum atomic E-state index is 11.5. The molecule has 100 valence electrons. The van der Waals surface area contributed by atoms with Crippen LogP contribution in [0.5, 0.6) is 0 Å². The standard InChI is InChI=1S/C13H18O4S/c14-10(15)6-18-13-4-8-1-9(5-13)3-12(2-8,7-13)11(16)17/h8-9H,1-7H2,(H,14,15)(H,16,17)/p-2. The molecule has 2 unspecified atom stereocenters. The van der Waals surface area contributed by atoms with Crippen molar-refractivity contribution >= 4 is 23.7 Å². The minimum Gasteiger partial charge on any atom is -0.550 e. The van der Waals surface area contributed by atoms with Crippen LogP contribution in [0, 0.1) is 17.3 Å². The van der Waals surface area contributed by atoms with Gasteiger partial charge in [0.2, 0.25) is 0 Å². The van der Waals surface area contributed by atoms with E-state index in [4.69, 9.17) is 0 Å². The summed E-state index contributed by atoms with van der Waals surface area (Å²) in [4.78, 5) is 22.1. The van der Waals surface area contributed by atoms with Crippen molar-refractivity contribution in [2.24, 2.45) is 17.3 Å². The van der Waals surface area contributed by atoms with E-state index in [-0.39, 0.29) is 10.5 Å². The Bertz CT molecular complexity index is 392. The minimum atomic E-state index is -1.06. The number of carbonyl (C=O) groups is 2. The predicted molar refractivity (Wildman–Crippen MR) is 62.3 cm³/mol. The molecule has 0 N–H and O–H groups in total. The third kappa shape index (κ3) is 1.83. The van der Waals surface area contributed by atoms with Crippen LogP contribution in [0.15, 0.2) is 0 Å². The topological polar surface area (TPSA) is 80.3 Å². The number of rotatable bonds is 4. The summed E-state index contributed by atoms with van der Waals surface area (Å²) in [5.74, 6) is -1.12. The molecule has 0 radical (unpaired) electrons. The van der Waals surface area contributed by atoms with Gasteiger partial charge in [-0.15, -0.1) is 11.8 Å². The van der Waals surface area contributed by atoms with Crippen LogP contribution in [0.2, 0.25) is 0 Å². The second kappa shape index (κ2) is 3.89. The molecule has 0 spiro atoms. The van der Waals surface area contributed by atoms with E-state index in [9.17, 15) is 19.8 Å². The van der Waals surface area contributed by atoms with Crippen molar-refractivity contribution in [3.63, 3.8) is 0 Å². The summed E-state index contributed by atoms with van der Waals surface area (Å²) in [5.41, 5.74) is -0.678. The lowest BCUT2D eigenvalue weighted by molar-refractivity contribution is -0.326. The van der Waals surface area contributed by atoms with Crippen LogP contribution < -0.4 is 10.2 Å². The van der Waals surface area contributed by atoms with E-state index in [0.717, 1.165) is 32.1 Å². The molecule has 4 bridgehead atoms. The highest BCUT2D eigenvalue weighted by molar-refractivity contribution is 8.01. The van der Waals surface area contributed by atoms with Crippen molar-refractivity contribution in [2.45, 2.75) is 43.3 Å². The Morgan fingerprint density at radius 3 is 2.22 bits per heavy atom. The largest absolute Gasteiger partial charge is 0.550 e. The fraction of sp³-hybridized carbons (Fsp3) is 0.846. The Morgan fingerprint density at radius 2 is 1.72 bits per heavy atom. The maximum absolute atomic E-state index is 11.5. The van der Waals surface area contributed by atoms with Gasteiger partial charge in [-0.3, -0.25) is 0 Å². The third-order valence-electron chi connectivity index (χ3n) is 4.94. The second-order valence-corrected chi connectivity index (χ2v) is 7.82. The molecule has 2 atom stereocenters. The van der Waals surface area contributed by atoms with Crippen LogP contribution in [0.3, 0.4) is 0 Å². The Balaban J connectivity index is 1.85. The lowest BCUT2D eigenvalue weighted by atomic mass is 9.49. The van der Waals surface area contributed by atoms with E-state index < -0.39 is 17.4 Å². The molecule has 0 aliphatic heterocycles. The molecular formula is C13H16O4S-2. The molecule has 0 aromatic heterocycles. The van der Waals surface area contributed by atoms with Gasteiger partial charge >= 0.3 is 0 Å². The average molecular weight is 268 g/mol. The van der Waals surface area contributed by atoms with E-state index in [2.05, 4.69) is 0 Å². The van der Waals surface area contributed by atoms with Crippen molar-refractivity contribution in [3.05, 3.63) is 0 Å². The van der Waals surface area contributed by atoms with Crippen molar-refractivity contribution < 1.29 is 19.8 Å². The molecule has 18 heavy (non-hydrogen) atoms. The normalized spacial score (nSPS) is 45.1. The SMILES string of the molecule is O=C([O-])CSC12CC3CC(C1)CC(C(=O)[O-])(C3)C2. The van der Waals surface area contributed by atoms with Gasteiger partial charge in [0, 0.05) is 21.9 Å². The van der Waals surface area contributed by atoms with Gasteiger partial charge in [-0.2, -0.15) is 0 Å². The molecule has 4 rings (SSSR count). The van der Waals surface area contributed by atoms with Gasteiger partial charge in [0.25, 0.3) is 0 Å². The zero-order chi connectivity index (χ0) is 13.0. The molecule has 4 saturated carbocycles. The average Bonchev–Trinajstić information content (AvgIpc) is 2.24. The Kier molecular flexibility index (Phi) is 2.66. The van der Waals surface area contributed by atoms with Gasteiger partial charge in [-0.1, -0.05) is 0 Å². The van der Waals surface area contributed by atoms with Crippen LogP contribution in [0.4, 0.5) is 0 Å². The first kappa shape index (κ1) is 12.3. The van der Waals surface area contributed by atoms with E-state index in [0.29, 0.717) is 18.3 Å². The molecule has 4 nitrogen and oxygen atoms in total. The number of carbonyl (C=O) groups excluding carboxylic acids is 2. The zero-order valence-electron chi connectivity index (χ0n) is 10.1. The lowest BCUT2D eigenvalue weighted by Crippen LogP contribution is -2.60. The van der Waals surface area contributed by atoms with E-state index in [1.165, 1.54) is 11.8 Å². The van der Waals surface area contributed by atoms with Crippen molar-refractivity contribution in [3.8, 4) is 0 Å². The van der Waals surface area contributed by atoms with E-state index >= 15 is 0 Å². The molecule has 4 fully saturated rings. The Labute approximate surface area is 110 Å². The van der Waals surface area contributed by atoms with Gasteiger partial charge in [-0.25, -0.2) is 0 Å². The number of carboxylic acid groups (broad SMARTS) is 2. The van der Waals surface area contributed by atoms with Crippen molar-refractivity contribution in [1.82, 2.24) is 0 Å². The van der Waals surface area contributed by atoms with Crippen LogP contribution in [0.1, 0.15) is 38.5 Å². The molecule has 4 aliphatic rings. The second-order valence-electron chi connectivity index (χ2n) is 6.37. The molecule has 0 aromatic carbocycles. The van der Waals surface area contributed by atoms with Gasteiger partial charge in [-0.05, 0) is 50.4 Å². The molecule has 0 saturated heterocycles. The Morgan fingerprint density at radius 1 is 1.11 bits per heavy atom. The van der Waals surface area contributed by atoms with Gasteiger partial charge in [0.15, 0.2) is 0 Å². The molecule has 0 aromatic rings. The minimum absolute atomic E-state index is 0.0252. The summed E-state index contributed by atoms with van der Waals surface area (Å²) in [5, 5.41) is 22.1. The third-order valence-corrected chi connectivity index (χ3v) is 6.41. The van der Waals surface area contributed by atoms with Gasteiger partial charge in [0.05, 0.1) is 5.97 Å². The first-order chi connectivity index (χ1) is 8.43. The number of aliphatic carboxylic acids is 2. The molecule has 5 heteroatoms. The zero-order valence-corrected chi connectivity index (χ0v) is 11.0. The van der Waals surface area contributed by atoms with Crippen LogP contribution >= 0.6 is 11.8 Å². The highest BCUT2D eigenvalue weighted by Crippen LogP contribution is 2.65. The van der Waals surface area contributed by atoms with Crippen LogP contribution in [-0.2, 0) is 9.59 Å². The van der Waals surface area contributed by atoms with Crippen LogP contribution in [-0.4, -0.2) is 22.4 Å². The fourth-order valence-corrected chi connectivity index (χ4v) is 6.31. The molecule has 4 aliphatic carbocycles. The number of hydrogen-bond donors (Lipinski definition) is 0. The summed E-state index contributed by atoms with van der Waals surface area (Å²) < 4.78 is -0.149. The molecular weight excluding hydrogens is 252 g/mol. The van der Waals surface area contributed by atoms with Crippen molar-refractivity contribution in [1.29, 1.82) is 0 Å². The summed E-state index contributed by atoms with van der Waals surface area (Å²) in [6, 6.07) is 0. The molecule has 0 amide bonds. The Hall–Kier alpha value is -0.710. The quantitative estimate of drug-likeness (QED) is 0.690.